The fourth-order valence-electron chi connectivity index (χ4n) is 1.69. The van der Waals surface area contributed by atoms with E-state index in [1.54, 1.807) is 18.2 Å². The van der Waals surface area contributed by atoms with Crippen LogP contribution in [0.4, 0.5) is 5.69 Å². The molecule has 0 spiro atoms. The number of nitrogens with two attached hydrogens (primary N) is 1. The van der Waals surface area contributed by atoms with Crippen molar-refractivity contribution < 1.29 is 4.21 Å². The van der Waals surface area contributed by atoms with Gasteiger partial charge in [0.2, 0.25) is 0 Å². The number of anilines is 1. The third kappa shape index (κ3) is 3.59. The molecule has 0 aliphatic rings. The maximum Gasteiger partial charge on any atom is 0.0586 e. The normalized spacial score (nSPS) is 12.4. The van der Waals surface area contributed by atoms with Crippen LogP contribution in [-0.2, 0) is 16.6 Å². The average Bonchev–Trinajstić information content (AvgIpc) is 2.32. The van der Waals surface area contributed by atoms with Crippen LogP contribution in [-0.4, -0.2) is 4.21 Å². The lowest BCUT2D eigenvalue weighted by molar-refractivity contribution is 0.682. The van der Waals surface area contributed by atoms with Gasteiger partial charge in [0.25, 0.3) is 0 Å². The van der Waals surface area contributed by atoms with E-state index < -0.39 is 10.8 Å². The molecule has 2 aromatic rings. The molecule has 2 aromatic carbocycles. The summed E-state index contributed by atoms with van der Waals surface area (Å²) in [5, 5.41) is 0.653. The van der Waals surface area contributed by atoms with Gasteiger partial charge in [-0.25, -0.2) is 0 Å². The quantitative estimate of drug-likeness (QED) is 0.831. The molecule has 0 fully saturated rings. The highest BCUT2D eigenvalue weighted by Gasteiger charge is 2.11. The van der Waals surface area contributed by atoms with Crippen molar-refractivity contribution in [3.05, 3.63) is 57.0 Å². The molecule has 100 valence electrons. The zero-order chi connectivity index (χ0) is 14.0. The molecule has 0 aliphatic carbocycles. The van der Waals surface area contributed by atoms with Gasteiger partial charge in [0.05, 0.1) is 21.4 Å². The summed E-state index contributed by atoms with van der Waals surface area (Å²) >= 11 is 9.55. The molecule has 0 aromatic heterocycles. The molecule has 2 rings (SSSR count). The minimum atomic E-state index is -1.16. The van der Waals surface area contributed by atoms with Gasteiger partial charge in [0.15, 0.2) is 0 Å². The van der Waals surface area contributed by atoms with Crippen LogP contribution in [0.3, 0.4) is 0 Å². The third-order valence-electron chi connectivity index (χ3n) is 2.70. The second-order valence-corrected chi connectivity index (χ2v) is 6.96. The highest BCUT2D eigenvalue weighted by molar-refractivity contribution is 9.10. The highest BCUT2D eigenvalue weighted by atomic mass is 79.9. The molecule has 0 amide bonds. The van der Waals surface area contributed by atoms with Crippen molar-refractivity contribution in [3.63, 3.8) is 0 Å². The Balaban J connectivity index is 2.25. The van der Waals surface area contributed by atoms with Crippen molar-refractivity contribution in [2.24, 2.45) is 0 Å². The van der Waals surface area contributed by atoms with E-state index in [9.17, 15) is 4.21 Å². The van der Waals surface area contributed by atoms with E-state index in [0.29, 0.717) is 16.5 Å². The molecule has 5 heteroatoms. The second-order valence-electron chi connectivity index (χ2n) is 4.27. The van der Waals surface area contributed by atoms with Crippen LogP contribution in [0.25, 0.3) is 0 Å². The molecule has 0 radical (unpaired) electrons. The van der Waals surface area contributed by atoms with Gasteiger partial charge in [-0.3, -0.25) is 4.21 Å². The zero-order valence-corrected chi connectivity index (χ0v) is 13.5. The number of nitrogen functional groups attached to an aromatic ring is 1. The van der Waals surface area contributed by atoms with E-state index in [0.717, 1.165) is 20.5 Å². The molecule has 1 unspecified atom stereocenters. The van der Waals surface area contributed by atoms with Crippen molar-refractivity contribution in [1.82, 2.24) is 0 Å². The first-order chi connectivity index (χ1) is 8.97. The van der Waals surface area contributed by atoms with E-state index >= 15 is 0 Å². The van der Waals surface area contributed by atoms with Crippen molar-refractivity contribution in [2.45, 2.75) is 17.6 Å². The summed E-state index contributed by atoms with van der Waals surface area (Å²) < 4.78 is 13.1. The van der Waals surface area contributed by atoms with Gasteiger partial charge in [-0.1, -0.05) is 23.7 Å². The Bertz CT molecular complexity index is 645. The maximum atomic E-state index is 12.4. The van der Waals surface area contributed by atoms with Crippen LogP contribution < -0.4 is 5.73 Å². The summed E-state index contributed by atoms with van der Waals surface area (Å²) in [6.45, 7) is 1.98. The SMILES string of the molecule is Cc1ccc(CS(=O)c2ccc(N)cc2Br)c(Cl)c1. The number of hydrogen-bond acceptors (Lipinski definition) is 2. The Labute approximate surface area is 128 Å². The molecule has 1 atom stereocenters. The smallest absolute Gasteiger partial charge is 0.0586 e. The molecule has 2 N–H and O–H groups in total. The Morgan fingerprint density at radius 2 is 2.00 bits per heavy atom. The Hall–Kier alpha value is -0.840. The number of rotatable bonds is 3. The molecule has 0 bridgehead atoms. The highest BCUT2D eigenvalue weighted by Crippen LogP contribution is 2.26. The van der Waals surface area contributed by atoms with Gasteiger partial charge in [0.1, 0.15) is 0 Å². The summed E-state index contributed by atoms with van der Waals surface area (Å²) in [5.74, 6) is 0.391. The van der Waals surface area contributed by atoms with Crippen LogP contribution >= 0.6 is 27.5 Å². The maximum absolute atomic E-state index is 12.4. The topological polar surface area (TPSA) is 43.1 Å². The van der Waals surface area contributed by atoms with Gasteiger partial charge in [0, 0.05) is 15.2 Å². The molecule has 0 aliphatic heterocycles. The average molecular weight is 359 g/mol. The van der Waals surface area contributed by atoms with Crippen LogP contribution in [0.1, 0.15) is 11.1 Å². The first-order valence-electron chi connectivity index (χ1n) is 5.66. The summed E-state index contributed by atoms with van der Waals surface area (Å²) in [5.41, 5.74) is 8.29. The first kappa shape index (κ1) is 14.6. The summed E-state index contributed by atoms with van der Waals surface area (Å²) in [4.78, 5) is 0.728. The van der Waals surface area contributed by atoms with E-state index in [-0.39, 0.29) is 0 Å². The van der Waals surface area contributed by atoms with Crippen molar-refractivity contribution in [1.29, 1.82) is 0 Å². The molecule has 2 nitrogen and oxygen atoms in total. The molecular weight excluding hydrogens is 346 g/mol. The third-order valence-corrected chi connectivity index (χ3v) is 5.39. The predicted molar refractivity (Wildman–Crippen MR) is 84.9 cm³/mol. The Morgan fingerprint density at radius 3 is 2.63 bits per heavy atom. The molecular formula is C14H13BrClNOS. The molecule has 19 heavy (non-hydrogen) atoms. The largest absolute Gasteiger partial charge is 0.399 e. The van der Waals surface area contributed by atoms with E-state index in [1.165, 1.54) is 0 Å². The first-order valence-corrected chi connectivity index (χ1v) is 8.15. The zero-order valence-electron chi connectivity index (χ0n) is 10.3. The standard InChI is InChI=1S/C14H13BrClNOS/c1-9-2-3-10(13(16)6-9)8-19(18)14-5-4-11(17)7-12(14)15/h2-7H,8,17H2,1H3. The predicted octanol–water partition coefficient (Wildman–Crippen LogP) is 4.30. The number of hydrogen-bond donors (Lipinski definition) is 1. The van der Waals surface area contributed by atoms with Crippen LogP contribution in [0.2, 0.25) is 5.02 Å². The fraction of sp³-hybridized carbons (Fsp3) is 0.143. The number of aryl methyl sites for hydroxylation is 1. The van der Waals surface area contributed by atoms with Gasteiger partial charge in [-0.15, -0.1) is 0 Å². The van der Waals surface area contributed by atoms with Gasteiger partial charge in [-0.05, 0) is 58.2 Å². The van der Waals surface area contributed by atoms with Crippen molar-refractivity contribution >= 4 is 44.0 Å². The van der Waals surface area contributed by atoms with E-state index in [4.69, 9.17) is 17.3 Å². The minimum Gasteiger partial charge on any atom is -0.399 e. The number of halogens is 2. The lowest BCUT2D eigenvalue weighted by Gasteiger charge is -2.08. The second kappa shape index (κ2) is 6.07. The van der Waals surface area contributed by atoms with Crippen LogP contribution in [0.5, 0.6) is 0 Å². The fourth-order valence-corrected chi connectivity index (χ4v) is 4.20. The Kier molecular flexibility index (Phi) is 4.66. The van der Waals surface area contributed by atoms with Gasteiger partial charge >= 0.3 is 0 Å². The van der Waals surface area contributed by atoms with Gasteiger partial charge in [-0.2, -0.15) is 0 Å². The lowest BCUT2D eigenvalue weighted by Crippen LogP contribution is -1.99. The van der Waals surface area contributed by atoms with Crippen molar-refractivity contribution in [2.75, 3.05) is 5.73 Å². The number of benzene rings is 2. The van der Waals surface area contributed by atoms with Crippen LogP contribution in [0.15, 0.2) is 45.8 Å². The van der Waals surface area contributed by atoms with Crippen LogP contribution in [0, 0.1) is 6.92 Å². The minimum absolute atomic E-state index is 0.391. The van der Waals surface area contributed by atoms with Gasteiger partial charge < -0.3 is 5.73 Å². The Morgan fingerprint density at radius 1 is 1.26 bits per heavy atom. The summed E-state index contributed by atoms with van der Waals surface area (Å²) in [7, 11) is -1.16. The summed E-state index contributed by atoms with van der Waals surface area (Å²) in [6, 6.07) is 11.0. The van der Waals surface area contributed by atoms with E-state index in [1.807, 2.05) is 25.1 Å². The summed E-state index contributed by atoms with van der Waals surface area (Å²) in [6.07, 6.45) is 0. The lowest BCUT2D eigenvalue weighted by atomic mass is 10.2. The van der Waals surface area contributed by atoms with Crippen molar-refractivity contribution in [3.8, 4) is 0 Å². The van der Waals surface area contributed by atoms with E-state index in [2.05, 4.69) is 15.9 Å². The molecule has 0 heterocycles. The monoisotopic (exact) mass is 357 g/mol. The molecule has 0 saturated heterocycles. The molecule has 0 saturated carbocycles.